The van der Waals surface area contributed by atoms with Gasteiger partial charge >= 0.3 is 5.97 Å². The smallest absolute Gasteiger partial charge is 0.314 e. The van der Waals surface area contributed by atoms with Crippen LogP contribution < -0.4 is 9.64 Å². The largest absolute Gasteiger partial charge is 0.426 e. The average molecular weight is 405 g/mol. The third-order valence-electron chi connectivity index (χ3n) is 4.28. The molecule has 1 fully saturated rings. The second-order valence-electron chi connectivity index (χ2n) is 5.88. The van der Waals surface area contributed by atoms with Gasteiger partial charge in [0.25, 0.3) is 5.69 Å². The monoisotopic (exact) mass is 404 g/mol. The molecule has 0 bridgehead atoms. The van der Waals surface area contributed by atoms with Crippen molar-refractivity contribution in [3.63, 3.8) is 0 Å². The molecule has 0 aromatic heterocycles. The molecule has 0 amide bonds. The first-order valence-electron chi connectivity index (χ1n) is 8.00. The molecule has 25 heavy (non-hydrogen) atoms. The summed E-state index contributed by atoms with van der Waals surface area (Å²) < 4.78 is 6.35. The summed E-state index contributed by atoms with van der Waals surface area (Å²) in [5, 5.41) is 11.2. The number of rotatable bonds is 4. The first kappa shape index (κ1) is 17.4. The molecule has 7 heteroatoms. The van der Waals surface area contributed by atoms with E-state index in [2.05, 4.69) is 15.9 Å². The summed E-state index contributed by atoms with van der Waals surface area (Å²) in [7, 11) is 0. The number of carbonyl (C=O) groups excluding carboxylic acids is 1. The van der Waals surface area contributed by atoms with Crippen molar-refractivity contribution >= 4 is 33.3 Å². The molecule has 1 saturated heterocycles. The Labute approximate surface area is 153 Å². The van der Waals surface area contributed by atoms with E-state index < -0.39 is 0 Å². The summed E-state index contributed by atoms with van der Waals surface area (Å²) in [6, 6.07) is 13.8. The number of hydrogen-bond donors (Lipinski definition) is 0. The van der Waals surface area contributed by atoms with Crippen molar-refractivity contribution in [3.8, 4) is 5.75 Å². The summed E-state index contributed by atoms with van der Waals surface area (Å²) in [5.74, 6) is 0.0847. The van der Waals surface area contributed by atoms with E-state index in [0.29, 0.717) is 37.4 Å². The Morgan fingerprint density at radius 3 is 2.40 bits per heavy atom. The van der Waals surface area contributed by atoms with E-state index in [-0.39, 0.29) is 22.5 Å². The van der Waals surface area contributed by atoms with Gasteiger partial charge in [-0.1, -0.05) is 28.1 Å². The molecule has 6 nitrogen and oxygen atoms in total. The van der Waals surface area contributed by atoms with Gasteiger partial charge in [0, 0.05) is 23.6 Å². The Morgan fingerprint density at radius 1 is 1.12 bits per heavy atom. The van der Waals surface area contributed by atoms with Crippen molar-refractivity contribution in [2.45, 2.75) is 12.8 Å². The highest BCUT2D eigenvalue weighted by Crippen LogP contribution is 2.31. The molecule has 0 saturated carbocycles. The molecule has 1 aliphatic rings. The van der Waals surface area contributed by atoms with E-state index in [9.17, 15) is 14.9 Å². The molecule has 2 aromatic carbocycles. The normalized spacial score (nSPS) is 15.0. The van der Waals surface area contributed by atoms with Crippen molar-refractivity contribution in [1.29, 1.82) is 0 Å². The van der Waals surface area contributed by atoms with E-state index in [1.807, 2.05) is 17.0 Å². The number of anilines is 1. The number of halogens is 1. The molecule has 0 atom stereocenters. The van der Waals surface area contributed by atoms with E-state index in [4.69, 9.17) is 4.74 Å². The van der Waals surface area contributed by atoms with Crippen LogP contribution in [0.25, 0.3) is 0 Å². The number of para-hydroxylation sites is 2. The van der Waals surface area contributed by atoms with Crippen LogP contribution in [-0.2, 0) is 4.79 Å². The van der Waals surface area contributed by atoms with Crippen LogP contribution in [0, 0.1) is 16.0 Å². The molecule has 0 radical (unpaired) electrons. The third kappa shape index (κ3) is 4.17. The lowest BCUT2D eigenvalue weighted by Crippen LogP contribution is -2.37. The van der Waals surface area contributed by atoms with Gasteiger partial charge in [-0.15, -0.1) is 0 Å². The zero-order valence-corrected chi connectivity index (χ0v) is 15.0. The lowest BCUT2D eigenvalue weighted by atomic mass is 9.96. The fourth-order valence-electron chi connectivity index (χ4n) is 2.94. The van der Waals surface area contributed by atoms with E-state index in [1.165, 1.54) is 6.07 Å². The summed E-state index contributed by atoms with van der Waals surface area (Å²) >= 11 is 3.34. The molecule has 130 valence electrons. The highest BCUT2D eigenvalue weighted by molar-refractivity contribution is 9.10. The number of nitrogens with zero attached hydrogens (tertiary/aromatic N) is 2. The number of benzene rings is 2. The molecule has 0 spiro atoms. The van der Waals surface area contributed by atoms with Crippen LogP contribution in [0.15, 0.2) is 53.0 Å². The van der Waals surface area contributed by atoms with Crippen LogP contribution in [0.1, 0.15) is 12.8 Å². The zero-order chi connectivity index (χ0) is 17.8. The van der Waals surface area contributed by atoms with E-state index >= 15 is 0 Å². The van der Waals surface area contributed by atoms with Gasteiger partial charge < -0.3 is 9.64 Å². The summed E-state index contributed by atoms with van der Waals surface area (Å²) in [6.45, 7) is 1.18. The molecule has 1 aliphatic heterocycles. The second-order valence-corrected chi connectivity index (χ2v) is 6.80. The average Bonchev–Trinajstić information content (AvgIpc) is 2.63. The van der Waals surface area contributed by atoms with Gasteiger partial charge in [-0.2, -0.15) is 0 Å². The SMILES string of the molecule is O=C(Oc1ccc(Br)cc1)C1CCN(c2ccccc2[N+](=O)[O-])CC1. The lowest BCUT2D eigenvalue weighted by Gasteiger charge is -2.32. The maximum absolute atomic E-state index is 12.3. The van der Waals surface area contributed by atoms with E-state index in [1.54, 1.807) is 30.3 Å². The quantitative estimate of drug-likeness (QED) is 0.330. The lowest BCUT2D eigenvalue weighted by molar-refractivity contribution is -0.384. The highest BCUT2D eigenvalue weighted by Gasteiger charge is 2.29. The Morgan fingerprint density at radius 2 is 1.76 bits per heavy atom. The minimum absolute atomic E-state index is 0.0957. The van der Waals surface area contributed by atoms with Crippen molar-refractivity contribution in [2.75, 3.05) is 18.0 Å². The minimum atomic E-state index is -0.372. The van der Waals surface area contributed by atoms with Gasteiger partial charge in [-0.3, -0.25) is 14.9 Å². The van der Waals surface area contributed by atoms with Crippen molar-refractivity contribution in [2.24, 2.45) is 5.92 Å². The van der Waals surface area contributed by atoms with E-state index in [0.717, 1.165) is 4.47 Å². The molecular weight excluding hydrogens is 388 g/mol. The number of esters is 1. The van der Waals surface area contributed by atoms with Gasteiger partial charge in [0.05, 0.1) is 10.8 Å². The number of carbonyl (C=O) groups is 1. The maximum Gasteiger partial charge on any atom is 0.314 e. The number of hydrogen-bond acceptors (Lipinski definition) is 5. The highest BCUT2D eigenvalue weighted by atomic mass is 79.9. The molecule has 1 heterocycles. The van der Waals surface area contributed by atoms with Crippen LogP contribution >= 0.6 is 15.9 Å². The molecule has 0 N–H and O–H groups in total. The van der Waals surface area contributed by atoms with Gasteiger partial charge in [-0.05, 0) is 43.2 Å². The standard InChI is InChI=1S/C18H17BrN2O4/c19-14-5-7-15(8-6-14)25-18(22)13-9-11-20(12-10-13)16-3-1-2-4-17(16)21(23)24/h1-8,13H,9-12H2. The summed E-state index contributed by atoms with van der Waals surface area (Å²) in [5.41, 5.74) is 0.700. The number of piperidine rings is 1. The summed E-state index contributed by atoms with van der Waals surface area (Å²) in [6.07, 6.45) is 1.23. The predicted octanol–water partition coefficient (Wildman–Crippen LogP) is 4.18. The van der Waals surface area contributed by atoms with Gasteiger partial charge in [0.15, 0.2) is 0 Å². The maximum atomic E-state index is 12.3. The molecule has 2 aromatic rings. The Balaban J connectivity index is 1.61. The Hall–Kier alpha value is -2.41. The van der Waals surface area contributed by atoms with Gasteiger partial charge in [0.2, 0.25) is 0 Å². The van der Waals surface area contributed by atoms with Crippen molar-refractivity contribution in [3.05, 3.63) is 63.1 Å². The Kier molecular flexibility index (Phi) is 5.33. The predicted molar refractivity (Wildman–Crippen MR) is 97.8 cm³/mol. The molecule has 3 rings (SSSR count). The molecule has 0 unspecified atom stereocenters. The Bertz CT molecular complexity index is 771. The van der Waals surface area contributed by atoms with Crippen LogP contribution in [-0.4, -0.2) is 24.0 Å². The number of ether oxygens (including phenoxy) is 1. The van der Waals surface area contributed by atoms with Crippen LogP contribution in [0.4, 0.5) is 11.4 Å². The second kappa shape index (κ2) is 7.65. The third-order valence-corrected chi connectivity index (χ3v) is 4.81. The van der Waals surface area contributed by atoms with Crippen LogP contribution in [0.2, 0.25) is 0 Å². The first-order chi connectivity index (χ1) is 12.0. The molecular formula is C18H17BrN2O4. The fraction of sp³-hybridized carbons (Fsp3) is 0.278. The molecule has 0 aliphatic carbocycles. The van der Waals surface area contributed by atoms with Crippen molar-refractivity contribution < 1.29 is 14.5 Å². The van der Waals surface area contributed by atoms with Gasteiger partial charge in [0.1, 0.15) is 11.4 Å². The topological polar surface area (TPSA) is 72.7 Å². The fourth-order valence-corrected chi connectivity index (χ4v) is 3.21. The van der Waals surface area contributed by atoms with Crippen molar-refractivity contribution in [1.82, 2.24) is 0 Å². The van der Waals surface area contributed by atoms with Crippen LogP contribution in [0.3, 0.4) is 0 Å². The van der Waals surface area contributed by atoms with Crippen LogP contribution in [0.5, 0.6) is 5.75 Å². The zero-order valence-electron chi connectivity index (χ0n) is 13.4. The first-order valence-corrected chi connectivity index (χ1v) is 8.79. The summed E-state index contributed by atoms with van der Waals surface area (Å²) in [4.78, 5) is 25.1. The minimum Gasteiger partial charge on any atom is -0.426 e. The number of nitro groups is 1. The van der Waals surface area contributed by atoms with Gasteiger partial charge in [-0.25, -0.2) is 0 Å². The number of nitro benzene ring substituents is 1.